The molecular formula is C12H17ClN2S. The fourth-order valence-electron chi connectivity index (χ4n) is 1.17. The van der Waals surface area contributed by atoms with Gasteiger partial charge in [-0.2, -0.15) is 0 Å². The van der Waals surface area contributed by atoms with Crippen LogP contribution < -0.4 is 11.1 Å². The van der Waals surface area contributed by atoms with Crippen LogP contribution in [0.4, 0.5) is 5.69 Å². The molecule has 0 aromatic heterocycles. The zero-order valence-corrected chi connectivity index (χ0v) is 11.4. The minimum atomic E-state index is 0.213. The lowest BCUT2D eigenvalue weighted by Gasteiger charge is -2.20. The van der Waals surface area contributed by atoms with E-state index in [0.717, 1.165) is 17.8 Å². The highest BCUT2D eigenvalue weighted by atomic mass is 35.5. The molecule has 0 saturated carbocycles. The molecule has 0 aliphatic rings. The van der Waals surface area contributed by atoms with Crippen molar-refractivity contribution in [1.29, 1.82) is 0 Å². The van der Waals surface area contributed by atoms with Gasteiger partial charge in [-0.1, -0.05) is 44.6 Å². The summed E-state index contributed by atoms with van der Waals surface area (Å²) in [4.78, 5) is 0.365. The van der Waals surface area contributed by atoms with Crippen LogP contribution in [0.2, 0.25) is 5.02 Å². The molecule has 0 radical (unpaired) electrons. The van der Waals surface area contributed by atoms with Gasteiger partial charge < -0.3 is 11.1 Å². The number of halogens is 1. The molecule has 0 bridgehead atoms. The van der Waals surface area contributed by atoms with E-state index in [1.165, 1.54) is 0 Å². The first-order valence-electron chi connectivity index (χ1n) is 5.13. The van der Waals surface area contributed by atoms with Gasteiger partial charge in [0.2, 0.25) is 0 Å². The van der Waals surface area contributed by atoms with Crippen LogP contribution in [0.15, 0.2) is 18.2 Å². The van der Waals surface area contributed by atoms with E-state index in [4.69, 9.17) is 29.6 Å². The number of rotatable bonds is 3. The molecule has 1 aromatic carbocycles. The summed E-state index contributed by atoms with van der Waals surface area (Å²) in [5, 5.41) is 3.95. The van der Waals surface area contributed by atoms with Gasteiger partial charge in [-0.15, -0.1) is 0 Å². The molecule has 0 unspecified atom stereocenters. The van der Waals surface area contributed by atoms with Gasteiger partial charge in [-0.25, -0.2) is 0 Å². The first kappa shape index (κ1) is 13.3. The Morgan fingerprint density at radius 1 is 1.44 bits per heavy atom. The third-order valence-corrected chi connectivity index (χ3v) is 2.61. The van der Waals surface area contributed by atoms with Crippen LogP contribution in [-0.4, -0.2) is 11.5 Å². The van der Waals surface area contributed by atoms with E-state index in [1.54, 1.807) is 6.07 Å². The molecule has 0 aliphatic heterocycles. The van der Waals surface area contributed by atoms with Crippen LogP contribution >= 0.6 is 23.8 Å². The second-order valence-corrected chi connectivity index (χ2v) is 5.82. The molecular weight excluding hydrogens is 240 g/mol. The van der Waals surface area contributed by atoms with Crippen molar-refractivity contribution >= 4 is 34.5 Å². The normalized spacial score (nSPS) is 11.2. The molecule has 0 heterocycles. The molecule has 16 heavy (non-hydrogen) atoms. The van der Waals surface area contributed by atoms with E-state index in [0.29, 0.717) is 10.0 Å². The molecule has 88 valence electrons. The van der Waals surface area contributed by atoms with Gasteiger partial charge in [0, 0.05) is 12.1 Å². The summed E-state index contributed by atoms with van der Waals surface area (Å²) in [7, 11) is 0. The maximum atomic E-state index is 6.12. The van der Waals surface area contributed by atoms with E-state index in [9.17, 15) is 0 Å². The maximum Gasteiger partial charge on any atom is 0.104 e. The number of nitrogens with one attached hydrogen (secondary N) is 1. The third kappa shape index (κ3) is 3.99. The lowest BCUT2D eigenvalue weighted by Crippen LogP contribution is -2.19. The molecule has 0 saturated heterocycles. The molecule has 2 nitrogen and oxygen atoms in total. The van der Waals surface area contributed by atoms with Crippen LogP contribution in [0, 0.1) is 5.41 Å². The zero-order chi connectivity index (χ0) is 12.3. The van der Waals surface area contributed by atoms with E-state index in [2.05, 4.69) is 26.1 Å². The summed E-state index contributed by atoms with van der Waals surface area (Å²) < 4.78 is 0. The summed E-state index contributed by atoms with van der Waals surface area (Å²) in [5.41, 5.74) is 7.45. The van der Waals surface area contributed by atoms with Gasteiger partial charge in [0.1, 0.15) is 4.99 Å². The second-order valence-electron chi connectivity index (χ2n) is 4.97. The molecule has 1 rings (SSSR count). The van der Waals surface area contributed by atoms with Gasteiger partial charge in [0.25, 0.3) is 0 Å². The Kier molecular flexibility index (Phi) is 4.16. The Morgan fingerprint density at radius 3 is 2.50 bits per heavy atom. The smallest absolute Gasteiger partial charge is 0.104 e. The molecule has 0 spiro atoms. The topological polar surface area (TPSA) is 38.0 Å². The fraction of sp³-hybridized carbons (Fsp3) is 0.417. The van der Waals surface area contributed by atoms with Crippen molar-refractivity contribution in [2.45, 2.75) is 20.8 Å². The maximum absolute atomic E-state index is 6.12. The molecule has 3 N–H and O–H groups in total. The van der Waals surface area contributed by atoms with Crippen molar-refractivity contribution in [2.75, 3.05) is 11.9 Å². The quantitative estimate of drug-likeness (QED) is 0.814. The summed E-state index contributed by atoms with van der Waals surface area (Å²) in [6.07, 6.45) is 0. The number of nitrogens with two attached hydrogens (primary N) is 1. The van der Waals surface area contributed by atoms with Crippen molar-refractivity contribution in [1.82, 2.24) is 0 Å². The summed E-state index contributed by atoms with van der Waals surface area (Å²) in [5.74, 6) is 0. The zero-order valence-electron chi connectivity index (χ0n) is 9.80. The average Bonchev–Trinajstić information content (AvgIpc) is 2.14. The summed E-state index contributed by atoms with van der Waals surface area (Å²) in [6, 6.07) is 5.57. The summed E-state index contributed by atoms with van der Waals surface area (Å²) in [6.45, 7) is 7.35. The van der Waals surface area contributed by atoms with Gasteiger partial charge in [0.05, 0.1) is 10.7 Å². The second kappa shape index (κ2) is 5.02. The van der Waals surface area contributed by atoms with Crippen LogP contribution in [0.1, 0.15) is 26.3 Å². The molecule has 0 amide bonds. The van der Waals surface area contributed by atoms with Crippen molar-refractivity contribution in [3.05, 3.63) is 28.8 Å². The van der Waals surface area contributed by atoms with Crippen LogP contribution in [-0.2, 0) is 0 Å². The number of benzene rings is 1. The monoisotopic (exact) mass is 256 g/mol. The number of thiocarbonyl (C=S) groups is 1. The predicted octanol–water partition coefficient (Wildman–Crippen LogP) is 3.43. The van der Waals surface area contributed by atoms with Crippen LogP contribution in [0.25, 0.3) is 0 Å². The first-order chi connectivity index (χ1) is 7.29. The van der Waals surface area contributed by atoms with Crippen molar-refractivity contribution in [3.63, 3.8) is 0 Å². The Bertz CT molecular complexity index is 396. The molecule has 1 aromatic rings. The van der Waals surface area contributed by atoms with Crippen molar-refractivity contribution < 1.29 is 0 Å². The number of hydrogen-bond donors (Lipinski definition) is 2. The summed E-state index contributed by atoms with van der Waals surface area (Å²) >= 11 is 11.0. The fourth-order valence-corrected chi connectivity index (χ4v) is 1.55. The largest absolute Gasteiger partial charge is 0.389 e. The third-order valence-electron chi connectivity index (χ3n) is 2.06. The van der Waals surface area contributed by atoms with Gasteiger partial charge in [-0.05, 0) is 23.6 Å². The van der Waals surface area contributed by atoms with E-state index < -0.39 is 0 Å². The van der Waals surface area contributed by atoms with Crippen molar-refractivity contribution in [2.24, 2.45) is 11.1 Å². The lowest BCUT2D eigenvalue weighted by atomic mass is 9.97. The van der Waals surface area contributed by atoms with Crippen molar-refractivity contribution in [3.8, 4) is 0 Å². The number of hydrogen-bond acceptors (Lipinski definition) is 2. The van der Waals surface area contributed by atoms with E-state index >= 15 is 0 Å². The van der Waals surface area contributed by atoms with Gasteiger partial charge in [0.15, 0.2) is 0 Å². The minimum absolute atomic E-state index is 0.213. The molecule has 4 heteroatoms. The Morgan fingerprint density at radius 2 is 2.06 bits per heavy atom. The lowest BCUT2D eigenvalue weighted by molar-refractivity contribution is 0.443. The Balaban J connectivity index is 2.80. The van der Waals surface area contributed by atoms with E-state index in [1.807, 2.05) is 12.1 Å². The molecule has 0 aliphatic carbocycles. The standard InChI is InChI=1S/C12H17ClN2S/c1-12(2,3)7-15-10-5-4-8(11(14)16)6-9(10)13/h4-6,15H,7H2,1-3H3,(H2,14,16). The minimum Gasteiger partial charge on any atom is -0.389 e. The Hall–Kier alpha value is -0.800. The molecule has 0 fully saturated rings. The highest BCUT2D eigenvalue weighted by Gasteiger charge is 2.11. The highest BCUT2D eigenvalue weighted by molar-refractivity contribution is 7.80. The van der Waals surface area contributed by atoms with E-state index in [-0.39, 0.29) is 5.41 Å². The predicted molar refractivity (Wildman–Crippen MR) is 75.3 cm³/mol. The first-order valence-corrected chi connectivity index (χ1v) is 5.91. The van der Waals surface area contributed by atoms with Gasteiger partial charge in [-0.3, -0.25) is 0 Å². The van der Waals surface area contributed by atoms with Crippen LogP contribution in [0.3, 0.4) is 0 Å². The Labute approximate surface area is 107 Å². The van der Waals surface area contributed by atoms with Crippen LogP contribution in [0.5, 0.6) is 0 Å². The number of anilines is 1. The van der Waals surface area contributed by atoms with Gasteiger partial charge >= 0.3 is 0 Å². The average molecular weight is 257 g/mol. The SMILES string of the molecule is CC(C)(C)CNc1ccc(C(N)=S)cc1Cl. The molecule has 0 atom stereocenters. The highest BCUT2D eigenvalue weighted by Crippen LogP contribution is 2.24.